The van der Waals surface area contributed by atoms with Gasteiger partial charge in [-0.1, -0.05) is 99.8 Å². The predicted molar refractivity (Wildman–Crippen MR) is 136 cm³/mol. The van der Waals surface area contributed by atoms with E-state index in [1.54, 1.807) is 0 Å². The van der Waals surface area contributed by atoms with E-state index in [0.29, 0.717) is 13.0 Å². The Morgan fingerprint density at radius 3 is 1.61 bits per heavy atom. The van der Waals surface area contributed by atoms with E-state index in [4.69, 9.17) is 5.11 Å². The number of hydrogen-bond donors (Lipinski definition) is 2. The normalized spacial score (nSPS) is 12.5. The molecule has 1 amide bonds. The Balaban J connectivity index is 3.36. The summed E-state index contributed by atoms with van der Waals surface area (Å²) < 4.78 is 0. The number of aliphatic hydroxyl groups excluding tert-OH is 1. The van der Waals surface area contributed by atoms with Crippen molar-refractivity contribution in [2.24, 2.45) is 0 Å². The van der Waals surface area contributed by atoms with E-state index < -0.39 is 0 Å². The third-order valence-electron chi connectivity index (χ3n) is 4.87. The van der Waals surface area contributed by atoms with Crippen LogP contribution >= 0.6 is 0 Å². The van der Waals surface area contributed by atoms with Gasteiger partial charge in [-0.05, 0) is 51.4 Å². The number of nitrogens with one attached hydrogen (secondary N) is 1. The summed E-state index contributed by atoms with van der Waals surface area (Å²) >= 11 is 0. The van der Waals surface area contributed by atoms with Gasteiger partial charge in [0.1, 0.15) is 0 Å². The zero-order chi connectivity index (χ0) is 22.7. The Labute approximate surface area is 192 Å². The molecule has 0 aromatic rings. The molecule has 0 spiro atoms. The maximum atomic E-state index is 11.4. The minimum Gasteiger partial charge on any atom is -0.395 e. The average molecular weight is 430 g/mol. The molecule has 0 heterocycles. The van der Waals surface area contributed by atoms with E-state index in [-0.39, 0.29) is 12.5 Å². The second kappa shape index (κ2) is 26.2. The fourth-order valence-electron chi connectivity index (χ4n) is 3.08. The third kappa shape index (κ3) is 26.1. The molecule has 0 aliphatic rings. The van der Waals surface area contributed by atoms with Gasteiger partial charge in [-0.2, -0.15) is 0 Å². The summed E-state index contributed by atoms with van der Waals surface area (Å²) in [5.74, 6) is 0.0612. The van der Waals surface area contributed by atoms with Gasteiger partial charge >= 0.3 is 0 Å². The molecule has 0 aromatic heterocycles. The van der Waals surface area contributed by atoms with Gasteiger partial charge in [-0.3, -0.25) is 4.79 Å². The highest BCUT2D eigenvalue weighted by Gasteiger charge is 1.99. The molecule has 0 unspecified atom stereocenters. The van der Waals surface area contributed by atoms with Crippen molar-refractivity contribution in [2.45, 2.75) is 96.8 Å². The van der Waals surface area contributed by atoms with Crippen LogP contribution in [0.5, 0.6) is 0 Å². The van der Waals surface area contributed by atoms with Crippen molar-refractivity contribution in [2.75, 3.05) is 13.2 Å². The molecule has 0 saturated carbocycles. The molecule has 0 aliphatic heterocycles. The molecule has 0 fully saturated rings. The van der Waals surface area contributed by atoms with E-state index in [1.807, 2.05) is 0 Å². The summed E-state index contributed by atoms with van der Waals surface area (Å²) in [7, 11) is 0. The van der Waals surface area contributed by atoms with Gasteiger partial charge in [0, 0.05) is 13.0 Å². The SMILES string of the molecule is CC/C=C\C/C=C\C/C=C\C/C=C\C/C=C\CCCCCCCCCC(=O)NCCO. The molecule has 0 aromatic carbocycles. The summed E-state index contributed by atoms with van der Waals surface area (Å²) in [4.78, 5) is 11.4. The number of carbonyl (C=O) groups is 1. The number of hydrogen-bond acceptors (Lipinski definition) is 2. The molecule has 2 N–H and O–H groups in total. The third-order valence-corrected chi connectivity index (χ3v) is 4.87. The summed E-state index contributed by atoms with van der Waals surface area (Å²) in [5.41, 5.74) is 0. The van der Waals surface area contributed by atoms with Crippen LogP contribution in [0, 0.1) is 0 Å². The zero-order valence-electron chi connectivity index (χ0n) is 19.9. The van der Waals surface area contributed by atoms with Crippen LogP contribution < -0.4 is 5.32 Å². The second-order valence-corrected chi connectivity index (χ2v) is 7.80. The summed E-state index contributed by atoms with van der Waals surface area (Å²) in [6, 6.07) is 0. The molecule has 0 atom stereocenters. The van der Waals surface area contributed by atoms with Crippen LogP contribution in [-0.4, -0.2) is 24.2 Å². The number of rotatable bonds is 21. The first kappa shape index (κ1) is 29.1. The first-order chi connectivity index (χ1) is 15.3. The smallest absolute Gasteiger partial charge is 0.220 e. The lowest BCUT2D eigenvalue weighted by Crippen LogP contribution is -2.25. The number of carbonyl (C=O) groups excluding carboxylic acids is 1. The summed E-state index contributed by atoms with van der Waals surface area (Å²) in [6.07, 6.45) is 37.8. The van der Waals surface area contributed by atoms with E-state index >= 15 is 0 Å². The monoisotopic (exact) mass is 429 g/mol. The minimum atomic E-state index is 0.0192. The first-order valence-electron chi connectivity index (χ1n) is 12.4. The molecule has 0 aliphatic carbocycles. The van der Waals surface area contributed by atoms with Crippen LogP contribution in [0.15, 0.2) is 60.8 Å². The standard InChI is InChI=1S/C28H47NO2/c1-2-3-4-5-6-7-8-9-10-11-12-13-14-15-16-17-18-19-20-21-22-23-24-25-28(31)29-26-27-30/h3-4,6-7,9-10,12-13,15-16,30H,2,5,8,11,14,17-27H2,1H3,(H,29,31)/b4-3-,7-6-,10-9-,13-12-,16-15-. The lowest BCUT2D eigenvalue weighted by atomic mass is 10.1. The average Bonchev–Trinajstić information content (AvgIpc) is 2.78. The number of unbranched alkanes of at least 4 members (excludes halogenated alkanes) is 7. The molecular weight excluding hydrogens is 382 g/mol. The first-order valence-corrected chi connectivity index (χ1v) is 12.4. The van der Waals surface area contributed by atoms with Gasteiger partial charge in [-0.15, -0.1) is 0 Å². The minimum absolute atomic E-state index is 0.0192. The van der Waals surface area contributed by atoms with Crippen molar-refractivity contribution in [1.82, 2.24) is 5.32 Å². The van der Waals surface area contributed by atoms with Crippen molar-refractivity contribution < 1.29 is 9.90 Å². The fraction of sp³-hybridized carbons (Fsp3) is 0.607. The Morgan fingerprint density at radius 1 is 0.645 bits per heavy atom. The van der Waals surface area contributed by atoms with Crippen molar-refractivity contribution in [3.63, 3.8) is 0 Å². The molecule has 3 nitrogen and oxygen atoms in total. The van der Waals surface area contributed by atoms with Gasteiger partial charge in [0.25, 0.3) is 0 Å². The summed E-state index contributed by atoms with van der Waals surface area (Å²) in [6.45, 7) is 2.55. The summed E-state index contributed by atoms with van der Waals surface area (Å²) in [5, 5.41) is 11.3. The predicted octanol–water partition coefficient (Wildman–Crippen LogP) is 7.36. The van der Waals surface area contributed by atoms with Gasteiger partial charge in [0.15, 0.2) is 0 Å². The Morgan fingerprint density at radius 2 is 1.10 bits per heavy atom. The van der Waals surface area contributed by atoms with Crippen LogP contribution in [0.1, 0.15) is 96.8 Å². The van der Waals surface area contributed by atoms with E-state index in [0.717, 1.165) is 44.9 Å². The van der Waals surface area contributed by atoms with Crippen LogP contribution in [-0.2, 0) is 4.79 Å². The Kier molecular flexibility index (Phi) is 24.6. The highest BCUT2D eigenvalue weighted by molar-refractivity contribution is 5.75. The molecule has 0 bridgehead atoms. The van der Waals surface area contributed by atoms with E-state index in [2.05, 4.69) is 73.0 Å². The van der Waals surface area contributed by atoms with Crippen LogP contribution in [0.25, 0.3) is 0 Å². The van der Waals surface area contributed by atoms with Crippen LogP contribution in [0.4, 0.5) is 0 Å². The van der Waals surface area contributed by atoms with Crippen molar-refractivity contribution >= 4 is 5.91 Å². The molecular formula is C28H47NO2. The Hall–Kier alpha value is -1.87. The highest BCUT2D eigenvalue weighted by atomic mass is 16.3. The topological polar surface area (TPSA) is 49.3 Å². The maximum absolute atomic E-state index is 11.4. The van der Waals surface area contributed by atoms with Gasteiger partial charge in [0.2, 0.25) is 5.91 Å². The molecule has 0 radical (unpaired) electrons. The fourth-order valence-corrected chi connectivity index (χ4v) is 3.08. The lowest BCUT2D eigenvalue weighted by Gasteiger charge is -2.03. The molecule has 0 rings (SSSR count). The molecule has 176 valence electrons. The number of allylic oxidation sites excluding steroid dienone is 10. The second-order valence-electron chi connectivity index (χ2n) is 7.80. The molecule has 3 heteroatoms. The van der Waals surface area contributed by atoms with E-state index in [9.17, 15) is 4.79 Å². The van der Waals surface area contributed by atoms with Crippen LogP contribution in [0.2, 0.25) is 0 Å². The highest BCUT2D eigenvalue weighted by Crippen LogP contribution is 2.10. The van der Waals surface area contributed by atoms with Crippen LogP contribution in [0.3, 0.4) is 0 Å². The molecule has 31 heavy (non-hydrogen) atoms. The number of amides is 1. The van der Waals surface area contributed by atoms with Crippen molar-refractivity contribution in [1.29, 1.82) is 0 Å². The lowest BCUT2D eigenvalue weighted by molar-refractivity contribution is -0.121. The van der Waals surface area contributed by atoms with Gasteiger partial charge < -0.3 is 10.4 Å². The zero-order valence-corrected chi connectivity index (χ0v) is 19.9. The van der Waals surface area contributed by atoms with Gasteiger partial charge in [0.05, 0.1) is 6.61 Å². The quantitative estimate of drug-likeness (QED) is 0.148. The Bertz CT molecular complexity index is 529. The van der Waals surface area contributed by atoms with E-state index in [1.165, 1.54) is 38.5 Å². The maximum Gasteiger partial charge on any atom is 0.220 e. The largest absolute Gasteiger partial charge is 0.395 e. The molecule has 0 saturated heterocycles. The van der Waals surface area contributed by atoms with Crippen molar-refractivity contribution in [3.05, 3.63) is 60.8 Å². The van der Waals surface area contributed by atoms with Gasteiger partial charge in [-0.25, -0.2) is 0 Å². The number of aliphatic hydroxyl groups is 1. The van der Waals surface area contributed by atoms with Crippen molar-refractivity contribution in [3.8, 4) is 0 Å².